The zero-order valence-corrected chi connectivity index (χ0v) is 8.69. The molecule has 76 valence electrons. The van der Waals surface area contributed by atoms with Crippen molar-refractivity contribution in [3.8, 4) is 0 Å². The van der Waals surface area contributed by atoms with Crippen molar-refractivity contribution in [2.45, 2.75) is 26.2 Å². The fraction of sp³-hybridized carbons (Fsp3) is 0.364. The van der Waals surface area contributed by atoms with Crippen LogP contribution in [0.15, 0.2) is 18.2 Å². The molecule has 0 aliphatic heterocycles. The molecule has 0 heterocycles. The summed E-state index contributed by atoms with van der Waals surface area (Å²) < 4.78 is 13.4. The van der Waals surface area contributed by atoms with Crippen molar-refractivity contribution in [1.29, 1.82) is 5.41 Å². The Morgan fingerprint density at radius 2 is 1.93 bits per heavy atom. The fourth-order valence-corrected chi connectivity index (χ4v) is 1.20. The highest BCUT2D eigenvalue weighted by Gasteiger charge is 2.16. The van der Waals surface area contributed by atoms with Gasteiger partial charge >= 0.3 is 0 Å². The van der Waals surface area contributed by atoms with Crippen LogP contribution in [-0.2, 0) is 5.41 Å². The van der Waals surface area contributed by atoms with Gasteiger partial charge in [-0.15, -0.1) is 0 Å². The predicted octanol–water partition coefficient (Wildman–Crippen LogP) is 2.41. The average Bonchev–Trinajstić information content (AvgIpc) is 2.01. The molecule has 1 aromatic carbocycles. The van der Waals surface area contributed by atoms with Gasteiger partial charge in [0.2, 0.25) is 0 Å². The first kappa shape index (κ1) is 10.7. The van der Waals surface area contributed by atoms with E-state index < -0.39 is 5.82 Å². The van der Waals surface area contributed by atoms with Gasteiger partial charge in [0.15, 0.2) is 0 Å². The number of benzene rings is 1. The second-order valence-corrected chi connectivity index (χ2v) is 4.36. The minimum absolute atomic E-state index is 0.0871. The van der Waals surface area contributed by atoms with E-state index >= 15 is 0 Å². The SMILES string of the molecule is CC(C)(C)c1ccc(C(=N)N)c(F)c1. The Morgan fingerprint density at radius 1 is 1.36 bits per heavy atom. The molecule has 0 fully saturated rings. The number of rotatable bonds is 1. The third kappa shape index (κ3) is 2.10. The number of amidine groups is 1. The normalized spacial score (nSPS) is 11.4. The first-order chi connectivity index (χ1) is 6.32. The van der Waals surface area contributed by atoms with E-state index in [9.17, 15) is 4.39 Å². The average molecular weight is 194 g/mol. The summed E-state index contributed by atoms with van der Waals surface area (Å²) >= 11 is 0. The third-order valence-corrected chi connectivity index (χ3v) is 2.13. The summed E-state index contributed by atoms with van der Waals surface area (Å²) in [6, 6.07) is 4.80. The molecule has 0 unspecified atom stereocenters. The minimum Gasteiger partial charge on any atom is -0.384 e. The minimum atomic E-state index is -0.426. The van der Waals surface area contributed by atoms with E-state index in [0.717, 1.165) is 5.56 Å². The van der Waals surface area contributed by atoms with Crippen LogP contribution in [0.3, 0.4) is 0 Å². The molecule has 14 heavy (non-hydrogen) atoms. The van der Waals surface area contributed by atoms with E-state index in [0.29, 0.717) is 0 Å². The van der Waals surface area contributed by atoms with Crippen LogP contribution in [0.2, 0.25) is 0 Å². The summed E-state index contributed by atoms with van der Waals surface area (Å²) in [5, 5.41) is 7.14. The molecule has 3 heteroatoms. The van der Waals surface area contributed by atoms with Gasteiger partial charge in [0, 0.05) is 0 Å². The van der Waals surface area contributed by atoms with Crippen molar-refractivity contribution in [3.05, 3.63) is 35.1 Å². The van der Waals surface area contributed by atoms with Crippen molar-refractivity contribution < 1.29 is 4.39 Å². The Balaban J connectivity index is 3.20. The molecule has 0 aliphatic rings. The summed E-state index contributed by atoms with van der Waals surface area (Å²) in [7, 11) is 0. The second-order valence-electron chi connectivity index (χ2n) is 4.36. The summed E-state index contributed by atoms with van der Waals surface area (Å²) in [6.45, 7) is 6.03. The molecule has 0 amide bonds. The molecule has 0 radical (unpaired) electrons. The van der Waals surface area contributed by atoms with Crippen molar-refractivity contribution in [3.63, 3.8) is 0 Å². The van der Waals surface area contributed by atoms with E-state index in [-0.39, 0.29) is 16.8 Å². The summed E-state index contributed by atoms with van der Waals surface area (Å²) in [5.41, 5.74) is 6.20. The van der Waals surface area contributed by atoms with Crippen molar-refractivity contribution >= 4 is 5.84 Å². The monoisotopic (exact) mass is 194 g/mol. The number of nitrogens with two attached hydrogens (primary N) is 1. The van der Waals surface area contributed by atoms with Gasteiger partial charge in [-0.05, 0) is 23.1 Å². The van der Waals surface area contributed by atoms with Gasteiger partial charge in [-0.3, -0.25) is 5.41 Å². The molecule has 3 N–H and O–H groups in total. The smallest absolute Gasteiger partial charge is 0.134 e. The lowest BCUT2D eigenvalue weighted by Crippen LogP contribution is -2.16. The Morgan fingerprint density at radius 3 is 2.29 bits per heavy atom. The standard InChI is InChI=1S/C11H15FN2/c1-11(2,3)7-4-5-8(10(13)14)9(12)6-7/h4-6H,1-3H3,(H3,13,14). The summed E-state index contributed by atoms with van der Waals surface area (Å²) in [5.74, 6) is -0.659. The van der Waals surface area contributed by atoms with Gasteiger partial charge in [-0.1, -0.05) is 26.8 Å². The van der Waals surface area contributed by atoms with Gasteiger partial charge in [-0.25, -0.2) is 4.39 Å². The maximum Gasteiger partial charge on any atom is 0.134 e. The Bertz CT molecular complexity index is 364. The van der Waals surface area contributed by atoms with Gasteiger partial charge in [-0.2, -0.15) is 0 Å². The molecule has 0 spiro atoms. The quantitative estimate of drug-likeness (QED) is 0.523. The van der Waals surface area contributed by atoms with Crippen LogP contribution in [0.25, 0.3) is 0 Å². The molecular weight excluding hydrogens is 179 g/mol. The van der Waals surface area contributed by atoms with Crippen LogP contribution in [0.5, 0.6) is 0 Å². The van der Waals surface area contributed by atoms with Gasteiger partial charge in [0.1, 0.15) is 11.7 Å². The third-order valence-electron chi connectivity index (χ3n) is 2.13. The molecule has 2 nitrogen and oxygen atoms in total. The summed E-state index contributed by atoms with van der Waals surface area (Å²) in [4.78, 5) is 0. The molecular formula is C11H15FN2. The molecule has 0 aromatic heterocycles. The van der Waals surface area contributed by atoms with Crippen LogP contribution in [0.4, 0.5) is 4.39 Å². The molecule has 0 saturated heterocycles. The van der Waals surface area contributed by atoms with Crippen LogP contribution >= 0.6 is 0 Å². The maximum absolute atomic E-state index is 13.4. The van der Waals surface area contributed by atoms with E-state index in [1.165, 1.54) is 6.07 Å². The molecule has 0 atom stereocenters. The lowest BCUT2D eigenvalue weighted by Gasteiger charge is -2.19. The van der Waals surface area contributed by atoms with Gasteiger partial charge in [0.25, 0.3) is 0 Å². The highest BCUT2D eigenvalue weighted by atomic mass is 19.1. The first-order valence-electron chi connectivity index (χ1n) is 4.47. The Labute approximate surface area is 83.4 Å². The molecule has 1 aromatic rings. The van der Waals surface area contributed by atoms with Crippen molar-refractivity contribution in [1.82, 2.24) is 0 Å². The lowest BCUT2D eigenvalue weighted by atomic mass is 9.86. The zero-order chi connectivity index (χ0) is 10.9. The van der Waals surface area contributed by atoms with E-state index in [1.54, 1.807) is 12.1 Å². The number of nitrogens with one attached hydrogen (secondary N) is 1. The van der Waals surface area contributed by atoms with Crippen molar-refractivity contribution in [2.75, 3.05) is 0 Å². The van der Waals surface area contributed by atoms with Gasteiger partial charge < -0.3 is 5.73 Å². The lowest BCUT2D eigenvalue weighted by molar-refractivity contribution is 0.571. The largest absolute Gasteiger partial charge is 0.384 e. The number of hydrogen-bond acceptors (Lipinski definition) is 1. The predicted molar refractivity (Wildman–Crippen MR) is 56.1 cm³/mol. The maximum atomic E-state index is 13.4. The van der Waals surface area contributed by atoms with E-state index in [1.807, 2.05) is 20.8 Å². The molecule has 0 saturated carbocycles. The van der Waals surface area contributed by atoms with Gasteiger partial charge in [0.05, 0.1) is 5.56 Å². The molecule has 1 rings (SSSR count). The molecule has 0 aliphatic carbocycles. The van der Waals surface area contributed by atoms with E-state index in [2.05, 4.69) is 0 Å². The van der Waals surface area contributed by atoms with Crippen LogP contribution in [0.1, 0.15) is 31.9 Å². The van der Waals surface area contributed by atoms with E-state index in [4.69, 9.17) is 11.1 Å². The summed E-state index contributed by atoms with van der Waals surface area (Å²) in [6.07, 6.45) is 0. The second kappa shape index (κ2) is 3.40. The fourth-order valence-electron chi connectivity index (χ4n) is 1.20. The van der Waals surface area contributed by atoms with Crippen molar-refractivity contribution in [2.24, 2.45) is 5.73 Å². The Hall–Kier alpha value is -1.38. The number of halogens is 1. The van der Waals surface area contributed by atoms with Crippen LogP contribution in [-0.4, -0.2) is 5.84 Å². The highest BCUT2D eigenvalue weighted by Crippen LogP contribution is 2.23. The highest BCUT2D eigenvalue weighted by molar-refractivity contribution is 5.95. The van der Waals surface area contributed by atoms with Crippen LogP contribution < -0.4 is 5.73 Å². The topological polar surface area (TPSA) is 49.9 Å². The number of nitrogen functional groups attached to an aromatic ring is 1. The molecule has 0 bridgehead atoms. The van der Waals surface area contributed by atoms with Crippen LogP contribution in [0, 0.1) is 11.2 Å². The zero-order valence-electron chi connectivity index (χ0n) is 8.69. The first-order valence-corrected chi connectivity index (χ1v) is 4.47. The Kier molecular flexibility index (Phi) is 2.60. The number of hydrogen-bond donors (Lipinski definition) is 2.